The number of carbonyl (C=O) groups is 2. The molecule has 9 heteroatoms. The van der Waals surface area contributed by atoms with Crippen LogP contribution in [0.3, 0.4) is 0 Å². The molecule has 7 nitrogen and oxygen atoms in total. The topological polar surface area (TPSA) is 104 Å². The van der Waals surface area contributed by atoms with Gasteiger partial charge in [-0.05, 0) is 36.4 Å². The van der Waals surface area contributed by atoms with Crippen molar-refractivity contribution in [3.8, 4) is 0 Å². The summed E-state index contributed by atoms with van der Waals surface area (Å²) in [5, 5.41) is 1.66. The largest absolute Gasteiger partial charge is 0.278 e. The van der Waals surface area contributed by atoms with Crippen LogP contribution in [0.5, 0.6) is 0 Å². The van der Waals surface area contributed by atoms with E-state index in [2.05, 4.69) is 15.6 Å². The number of para-hydroxylation sites is 1. The quantitative estimate of drug-likeness (QED) is 0.692. The van der Waals surface area contributed by atoms with E-state index < -0.39 is 15.9 Å². The lowest BCUT2D eigenvalue weighted by atomic mass is 9.85. The van der Waals surface area contributed by atoms with E-state index in [0.29, 0.717) is 0 Å². The van der Waals surface area contributed by atoms with E-state index in [4.69, 9.17) is 0 Å². The van der Waals surface area contributed by atoms with Crippen molar-refractivity contribution < 1.29 is 18.0 Å². The molecule has 0 radical (unpaired) electrons. The van der Waals surface area contributed by atoms with Crippen molar-refractivity contribution in [1.82, 2.24) is 10.9 Å². The Kier molecular flexibility index (Phi) is 5.05. The molecule has 1 fully saturated rings. The van der Waals surface area contributed by atoms with Gasteiger partial charge in [0.25, 0.3) is 15.9 Å². The number of hydrogen-bond donors (Lipinski definition) is 3. The second-order valence-corrected chi connectivity index (χ2v) is 8.51. The molecule has 1 aliphatic carbocycles. The van der Waals surface area contributed by atoms with Crippen molar-refractivity contribution in [2.75, 3.05) is 4.72 Å². The van der Waals surface area contributed by atoms with Crippen LogP contribution in [0.25, 0.3) is 0 Å². The van der Waals surface area contributed by atoms with E-state index in [0.717, 1.165) is 30.6 Å². The number of rotatable bonds is 5. The van der Waals surface area contributed by atoms with Gasteiger partial charge in [0.2, 0.25) is 5.91 Å². The van der Waals surface area contributed by atoms with Gasteiger partial charge in [-0.25, -0.2) is 8.42 Å². The fourth-order valence-electron chi connectivity index (χ4n) is 2.34. The molecule has 2 aromatic rings. The molecule has 1 heterocycles. The van der Waals surface area contributed by atoms with E-state index >= 15 is 0 Å². The van der Waals surface area contributed by atoms with Crippen LogP contribution in [-0.4, -0.2) is 20.2 Å². The Bertz CT molecular complexity index is 875. The van der Waals surface area contributed by atoms with Crippen LogP contribution < -0.4 is 15.6 Å². The lowest BCUT2D eigenvalue weighted by Crippen LogP contribution is -2.46. The van der Waals surface area contributed by atoms with Crippen molar-refractivity contribution in [1.29, 1.82) is 0 Å². The summed E-state index contributed by atoms with van der Waals surface area (Å²) < 4.78 is 27.2. The van der Waals surface area contributed by atoms with Gasteiger partial charge in [0.1, 0.15) is 4.21 Å². The highest BCUT2D eigenvalue weighted by Crippen LogP contribution is 2.26. The van der Waals surface area contributed by atoms with Gasteiger partial charge in [-0.2, -0.15) is 0 Å². The van der Waals surface area contributed by atoms with Crippen LogP contribution >= 0.6 is 11.3 Å². The lowest BCUT2D eigenvalue weighted by molar-refractivity contribution is -0.128. The molecule has 1 aliphatic rings. The summed E-state index contributed by atoms with van der Waals surface area (Å²) in [5.41, 5.74) is 4.99. The predicted molar refractivity (Wildman–Crippen MR) is 94.5 cm³/mol. The van der Waals surface area contributed by atoms with Crippen LogP contribution in [0.2, 0.25) is 0 Å². The van der Waals surface area contributed by atoms with Crippen molar-refractivity contribution in [2.45, 2.75) is 23.5 Å². The third kappa shape index (κ3) is 3.99. The Morgan fingerprint density at radius 3 is 2.44 bits per heavy atom. The van der Waals surface area contributed by atoms with Crippen LogP contribution in [0.1, 0.15) is 29.6 Å². The molecule has 1 aromatic carbocycles. The van der Waals surface area contributed by atoms with Gasteiger partial charge in [0.15, 0.2) is 0 Å². The molecule has 132 valence electrons. The first-order valence-electron chi connectivity index (χ1n) is 7.73. The fourth-order valence-corrected chi connectivity index (χ4v) is 4.41. The molecule has 0 spiro atoms. The smallest absolute Gasteiger partial charge is 0.271 e. The highest BCUT2D eigenvalue weighted by molar-refractivity contribution is 7.94. The molecule has 0 atom stereocenters. The molecule has 0 aliphatic heterocycles. The number of amides is 2. The Morgan fingerprint density at radius 2 is 1.80 bits per heavy atom. The Labute approximate surface area is 149 Å². The third-order valence-corrected chi connectivity index (χ3v) is 6.71. The maximum Gasteiger partial charge on any atom is 0.271 e. The molecule has 1 aromatic heterocycles. The van der Waals surface area contributed by atoms with E-state index in [9.17, 15) is 18.0 Å². The van der Waals surface area contributed by atoms with Gasteiger partial charge in [-0.3, -0.25) is 25.2 Å². The van der Waals surface area contributed by atoms with Gasteiger partial charge in [0, 0.05) is 5.92 Å². The van der Waals surface area contributed by atoms with E-state index in [-0.39, 0.29) is 27.3 Å². The fraction of sp³-hybridized carbons (Fsp3) is 0.250. The molecule has 3 N–H and O–H groups in total. The van der Waals surface area contributed by atoms with Gasteiger partial charge in [-0.15, -0.1) is 11.3 Å². The third-order valence-electron chi connectivity index (χ3n) is 3.95. The van der Waals surface area contributed by atoms with Crippen LogP contribution in [0, 0.1) is 5.92 Å². The first-order chi connectivity index (χ1) is 12.0. The second kappa shape index (κ2) is 7.24. The number of anilines is 1. The van der Waals surface area contributed by atoms with Crippen molar-refractivity contribution in [2.24, 2.45) is 5.92 Å². The molecule has 0 saturated heterocycles. The molecule has 1 saturated carbocycles. The number of carbonyl (C=O) groups excluding carboxylic acids is 2. The lowest BCUT2D eigenvalue weighted by Gasteiger charge is -2.24. The van der Waals surface area contributed by atoms with E-state index in [1.165, 1.54) is 18.2 Å². The molecule has 2 amide bonds. The number of hydrazine groups is 1. The summed E-state index contributed by atoms with van der Waals surface area (Å²) in [6.07, 6.45) is 2.65. The van der Waals surface area contributed by atoms with E-state index in [1.807, 2.05) is 0 Å². The maximum absolute atomic E-state index is 12.3. The molecule has 0 bridgehead atoms. The number of hydrogen-bond acceptors (Lipinski definition) is 5. The summed E-state index contributed by atoms with van der Waals surface area (Å²) in [6.45, 7) is 0. The normalized spacial score (nSPS) is 14.4. The predicted octanol–water partition coefficient (Wildman–Crippen LogP) is 2.11. The monoisotopic (exact) mass is 379 g/mol. The van der Waals surface area contributed by atoms with Crippen molar-refractivity contribution in [3.05, 3.63) is 47.3 Å². The average molecular weight is 379 g/mol. The standard InChI is InChI=1S/C16H17N3O4S2/c20-15(11-5-3-6-11)17-18-16(21)12-7-1-2-8-13(12)19-25(22,23)14-9-4-10-24-14/h1-2,4,7-11,19H,3,5-6H2,(H,17,20)(H,18,21). The van der Waals surface area contributed by atoms with Gasteiger partial charge in [-0.1, -0.05) is 24.6 Å². The summed E-state index contributed by atoms with van der Waals surface area (Å²) >= 11 is 1.08. The average Bonchev–Trinajstić information content (AvgIpc) is 3.06. The molecule has 25 heavy (non-hydrogen) atoms. The van der Waals surface area contributed by atoms with Crippen molar-refractivity contribution >= 4 is 38.9 Å². The van der Waals surface area contributed by atoms with Crippen LogP contribution in [0.4, 0.5) is 5.69 Å². The zero-order valence-corrected chi connectivity index (χ0v) is 14.8. The first-order valence-corrected chi connectivity index (χ1v) is 10.1. The summed E-state index contributed by atoms with van der Waals surface area (Å²) in [5.74, 6) is -0.874. The Morgan fingerprint density at radius 1 is 1.04 bits per heavy atom. The number of benzene rings is 1. The maximum atomic E-state index is 12.3. The zero-order chi connectivity index (χ0) is 17.9. The molecular formula is C16H17N3O4S2. The Hall–Kier alpha value is -2.39. The minimum Gasteiger partial charge on any atom is -0.278 e. The number of thiophene rings is 1. The van der Waals surface area contributed by atoms with Crippen LogP contribution in [-0.2, 0) is 14.8 Å². The molecule has 0 unspecified atom stereocenters. The van der Waals surface area contributed by atoms with Crippen molar-refractivity contribution in [3.63, 3.8) is 0 Å². The summed E-state index contributed by atoms with van der Waals surface area (Å²) in [4.78, 5) is 24.1. The second-order valence-electron chi connectivity index (χ2n) is 5.65. The highest BCUT2D eigenvalue weighted by Gasteiger charge is 2.26. The SMILES string of the molecule is O=C(NNC(=O)C1CCC1)c1ccccc1NS(=O)(=O)c1cccs1. The number of nitrogens with one attached hydrogen (secondary N) is 3. The van der Waals surface area contributed by atoms with Gasteiger partial charge >= 0.3 is 0 Å². The van der Waals surface area contributed by atoms with Gasteiger partial charge < -0.3 is 0 Å². The minimum atomic E-state index is -3.76. The molecular weight excluding hydrogens is 362 g/mol. The Balaban J connectivity index is 1.72. The van der Waals surface area contributed by atoms with E-state index in [1.54, 1.807) is 23.6 Å². The first kappa shape index (κ1) is 17.4. The minimum absolute atomic E-state index is 0.0622. The number of sulfonamides is 1. The summed E-state index contributed by atoms with van der Waals surface area (Å²) in [7, 11) is -3.76. The molecule has 3 rings (SSSR count). The zero-order valence-electron chi connectivity index (χ0n) is 13.2. The van der Waals surface area contributed by atoms with Crippen LogP contribution in [0.15, 0.2) is 46.0 Å². The highest BCUT2D eigenvalue weighted by atomic mass is 32.2. The summed E-state index contributed by atoms with van der Waals surface area (Å²) in [6, 6.07) is 9.33. The van der Waals surface area contributed by atoms with Gasteiger partial charge in [0.05, 0.1) is 11.3 Å².